The van der Waals surface area contributed by atoms with Gasteiger partial charge in [0.05, 0.1) is 19.8 Å². The second-order valence-corrected chi connectivity index (χ2v) is 15.7. The van der Waals surface area contributed by atoms with Gasteiger partial charge in [-0.3, -0.25) is 0 Å². The third-order valence-electron chi connectivity index (χ3n) is 12.7. The van der Waals surface area contributed by atoms with Crippen molar-refractivity contribution < 1.29 is 34.3 Å². The monoisotopic (exact) mass is 614 g/mol. The van der Waals surface area contributed by atoms with Crippen LogP contribution in [-0.4, -0.2) is 53.5 Å². The van der Waals surface area contributed by atoms with Gasteiger partial charge in [0.15, 0.2) is 11.5 Å². The molecule has 5 rings (SSSR count). The van der Waals surface area contributed by atoms with Crippen molar-refractivity contribution in [2.45, 2.75) is 124 Å². The minimum atomic E-state index is -2.46. The largest absolute Gasteiger partial charge is 0.504 e. The lowest BCUT2D eigenvalue weighted by molar-refractivity contribution is -0.165. The number of ether oxygens (including phenoxy) is 3. The fourth-order valence-electron chi connectivity index (χ4n) is 10.5. The number of allylic oxidation sites excluding steroid dienone is 2. The molecule has 3 N–H and O–H groups in total. The molecular weight excluding hydrogens is 556 g/mol. The van der Waals surface area contributed by atoms with E-state index in [1.807, 2.05) is 0 Å². The molecule has 3 fully saturated rings. The number of methoxy groups -OCH3 is 1. The summed E-state index contributed by atoms with van der Waals surface area (Å²) < 4.78 is 16.4. The van der Waals surface area contributed by atoms with E-state index in [1.165, 1.54) is 58.5 Å². The highest BCUT2D eigenvalue weighted by atomic mass is 16.6. The Kier molecular flexibility index (Phi) is 10.00. The number of hydrogen-bond acceptors (Lipinski definition) is 7. The van der Waals surface area contributed by atoms with Gasteiger partial charge in [0.1, 0.15) is 6.61 Å². The van der Waals surface area contributed by atoms with Crippen LogP contribution >= 0.6 is 0 Å². The van der Waals surface area contributed by atoms with E-state index in [4.69, 9.17) is 14.2 Å². The fourth-order valence-corrected chi connectivity index (χ4v) is 10.5. The smallest absolute Gasteiger partial charge is 0.334 e. The highest BCUT2D eigenvalue weighted by molar-refractivity contribution is 5.89. The first kappa shape index (κ1) is 33.5. The summed E-state index contributed by atoms with van der Waals surface area (Å²) in [6, 6.07) is 0. The van der Waals surface area contributed by atoms with Gasteiger partial charge in [-0.25, -0.2) is 4.79 Å². The third-order valence-corrected chi connectivity index (χ3v) is 12.7. The molecule has 0 saturated heterocycles. The molecule has 0 heterocycles. The molecular formula is C37H58O7. The molecule has 248 valence electrons. The quantitative estimate of drug-likeness (QED) is 0.0965. The predicted octanol–water partition coefficient (Wildman–Crippen LogP) is 7.38. The standard InChI is InChI=1S/C37H58O7/c1-23(2)8-7-9-24(3)29-12-13-30-28-11-10-26-21-27(14-16-35(26,4)31(28)15-17-36(29,30)5)43-18-19-44-34(39)25-20-32(38)33(42-6)37(40,41)22-25/h10,20,23-24,27-31,38,40-41H,7-9,11-19,21-22H2,1-6H3/t24-,27+,28+,29-,30+,31+,35+,36-/m1/s1. The Morgan fingerprint density at radius 2 is 1.80 bits per heavy atom. The second-order valence-electron chi connectivity index (χ2n) is 15.7. The maximum Gasteiger partial charge on any atom is 0.334 e. The van der Waals surface area contributed by atoms with Gasteiger partial charge in [-0.1, -0.05) is 65.5 Å². The molecule has 5 aliphatic carbocycles. The average Bonchev–Trinajstić information content (AvgIpc) is 3.31. The molecule has 0 bridgehead atoms. The zero-order chi connectivity index (χ0) is 31.9. The van der Waals surface area contributed by atoms with Crippen LogP contribution in [0.2, 0.25) is 0 Å². The summed E-state index contributed by atoms with van der Waals surface area (Å²) in [5.74, 6) is 0.920. The Morgan fingerprint density at radius 1 is 1.02 bits per heavy atom. The van der Waals surface area contributed by atoms with E-state index in [0.717, 1.165) is 60.8 Å². The minimum Gasteiger partial charge on any atom is -0.504 e. The Labute approximate surface area is 265 Å². The van der Waals surface area contributed by atoms with Crippen LogP contribution in [-0.2, 0) is 19.0 Å². The number of esters is 1. The Hall–Kier alpha value is -1.83. The van der Waals surface area contributed by atoms with Gasteiger partial charge in [-0.2, -0.15) is 0 Å². The maximum atomic E-state index is 12.5. The zero-order valence-corrected chi connectivity index (χ0v) is 28.1. The van der Waals surface area contributed by atoms with Crippen molar-refractivity contribution in [3.05, 3.63) is 34.8 Å². The van der Waals surface area contributed by atoms with Crippen LogP contribution in [0.5, 0.6) is 0 Å². The van der Waals surface area contributed by atoms with Crippen LogP contribution < -0.4 is 0 Å². The first-order valence-electron chi connectivity index (χ1n) is 17.4. The molecule has 0 amide bonds. The van der Waals surface area contributed by atoms with Crippen molar-refractivity contribution in [1.82, 2.24) is 0 Å². The van der Waals surface area contributed by atoms with E-state index in [1.54, 1.807) is 5.57 Å². The van der Waals surface area contributed by atoms with Crippen LogP contribution in [0.15, 0.2) is 34.8 Å². The molecule has 0 aromatic heterocycles. The number of carbonyl (C=O) groups is 1. The van der Waals surface area contributed by atoms with Crippen molar-refractivity contribution in [2.75, 3.05) is 20.3 Å². The van der Waals surface area contributed by atoms with Gasteiger partial charge < -0.3 is 29.5 Å². The zero-order valence-electron chi connectivity index (χ0n) is 28.1. The van der Waals surface area contributed by atoms with Gasteiger partial charge in [0.2, 0.25) is 5.79 Å². The number of aliphatic hydroxyl groups is 3. The first-order valence-corrected chi connectivity index (χ1v) is 17.4. The maximum absolute atomic E-state index is 12.5. The lowest BCUT2D eigenvalue weighted by atomic mass is 9.47. The van der Waals surface area contributed by atoms with Gasteiger partial charge in [0.25, 0.3) is 0 Å². The highest BCUT2D eigenvalue weighted by Gasteiger charge is 2.59. The predicted molar refractivity (Wildman–Crippen MR) is 170 cm³/mol. The van der Waals surface area contributed by atoms with Crippen molar-refractivity contribution >= 4 is 5.97 Å². The molecule has 0 unspecified atom stereocenters. The molecule has 7 heteroatoms. The lowest BCUT2D eigenvalue weighted by Gasteiger charge is -2.58. The van der Waals surface area contributed by atoms with E-state index in [-0.39, 0.29) is 36.1 Å². The summed E-state index contributed by atoms with van der Waals surface area (Å²) in [5, 5.41) is 30.3. The van der Waals surface area contributed by atoms with Gasteiger partial charge in [-0.15, -0.1) is 0 Å². The molecule has 7 nitrogen and oxygen atoms in total. The number of carbonyl (C=O) groups excluding carboxylic acids is 1. The molecule has 0 aliphatic heterocycles. The van der Waals surface area contributed by atoms with Crippen LogP contribution in [0.3, 0.4) is 0 Å². The molecule has 8 atom stereocenters. The summed E-state index contributed by atoms with van der Waals surface area (Å²) in [7, 11) is 1.23. The van der Waals surface area contributed by atoms with Crippen molar-refractivity contribution in [3.63, 3.8) is 0 Å². The van der Waals surface area contributed by atoms with Crippen LogP contribution in [0.25, 0.3) is 0 Å². The van der Waals surface area contributed by atoms with E-state index in [9.17, 15) is 20.1 Å². The number of rotatable bonds is 11. The first-order chi connectivity index (χ1) is 20.8. The SMILES string of the molecule is COC1=C(O)C=C(C(=O)OCCO[C@H]2CC[C@@]3(C)C(=CC[C@H]4[C@@H]5CC[C@H]([C@H](C)CCCC(C)C)[C@@]5(C)CC[C@@H]43)C2)CC1(O)O. The van der Waals surface area contributed by atoms with Gasteiger partial charge >= 0.3 is 5.97 Å². The topological polar surface area (TPSA) is 105 Å². The minimum absolute atomic E-state index is 0.0265. The number of aliphatic hydroxyl groups excluding tert-OH is 1. The van der Waals surface area contributed by atoms with Crippen molar-refractivity contribution in [3.8, 4) is 0 Å². The van der Waals surface area contributed by atoms with E-state index in [2.05, 4.69) is 40.7 Å². The van der Waals surface area contributed by atoms with Crippen LogP contribution in [0.4, 0.5) is 0 Å². The molecule has 0 aromatic rings. The summed E-state index contributed by atoms with van der Waals surface area (Å²) in [5.41, 5.74) is 2.32. The highest BCUT2D eigenvalue weighted by Crippen LogP contribution is 2.67. The summed E-state index contributed by atoms with van der Waals surface area (Å²) in [4.78, 5) is 12.5. The van der Waals surface area contributed by atoms with E-state index in [0.29, 0.717) is 5.41 Å². The lowest BCUT2D eigenvalue weighted by Crippen LogP contribution is -2.51. The number of fused-ring (bicyclic) bond motifs is 5. The molecule has 0 spiro atoms. The number of hydrogen-bond donors (Lipinski definition) is 3. The summed E-state index contributed by atoms with van der Waals surface area (Å²) in [6.45, 7) is 12.8. The molecule has 0 radical (unpaired) electrons. The summed E-state index contributed by atoms with van der Waals surface area (Å²) >= 11 is 0. The second kappa shape index (κ2) is 13.1. The fraction of sp³-hybridized carbons (Fsp3) is 0.811. The third kappa shape index (κ3) is 6.40. The Bertz CT molecular complexity index is 1150. The summed E-state index contributed by atoms with van der Waals surface area (Å²) in [6.07, 6.45) is 17.5. The molecule has 0 aromatic carbocycles. The van der Waals surface area contributed by atoms with Crippen molar-refractivity contribution in [1.29, 1.82) is 0 Å². The molecule has 3 saturated carbocycles. The normalized spacial score (nSPS) is 37.0. The molecule has 44 heavy (non-hydrogen) atoms. The Morgan fingerprint density at radius 3 is 2.50 bits per heavy atom. The molecule has 5 aliphatic rings. The van der Waals surface area contributed by atoms with Crippen LogP contribution in [0, 0.1) is 46.3 Å². The van der Waals surface area contributed by atoms with Crippen LogP contribution in [0.1, 0.15) is 112 Å². The van der Waals surface area contributed by atoms with Gasteiger partial charge in [0, 0.05) is 12.0 Å². The van der Waals surface area contributed by atoms with E-state index < -0.39 is 23.9 Å². The Balaban J connectivity index is 1.13. The van der Waals surface area contributed by atoms with E-state index >= 15 is 0 Å². The average molecular weight is 615 g/mol. The van der Waals surface area contributed by atoms with Crippen molar-refractivity contribution in [2.24, 2.45) is 46.3 Å². The van der Waals surface area contributed by atoms with Gasteiger partial charge in [-0.05, 0) is 104 Å².